The van der Waals surface area contributed by atoms with E-state index in [-0.39, 0.29) is 23.8 Å². The van der Waals surface area contributed by atoms with Crippen molar-refractivity contribution in [2.75, 3.05) is 6.54 Å². The second-order valence-electron chi connectivity index (χ2n) is 8.55. The van der Waals surface area contributed by atoms with Crippen LogP contribution < -0.4 is 10.6 Å². The van der Waals surface area contributed by atoms with Crippen LogP contribution >= 0.6 is 0 Å². The van der Waals surface area contributed by atoms with E-state index in [1.54, 1.807) is 17.0 Å². The smallest absolute Gasteiger partial charge is 0.251 e. The number of piperazine rings is 1. The summed E-state index contributed by atoms with van der Waals surface area (Å²) in [5.74, 6) is -0.0414. The predicted octanol–water partition coefficient (Wildman–Crippen LogP) is 2.60. The van der Waals surface area contributed by atoms with Crippen LogP contribution in [-0.4, -0.2) is 47.3 Å². The van der Waals surface area contributed by atoms with Crippen molar-refractivity contribution in [1.82, 2.24) is 15.5 Å². The van der Waals surface area contributed by atoms with Gasteiger partial charge in [-0.15, -0.1) is 0 Å². The van der Waals surface area contributed by atoms with Gasteiger partial charge in [0.15, 0.2) is 0 Å². The van der Waals surface area contributed by atoms with Crippen molar-refractivity contribution in [2.24, 2.45) is 5.92 Å². The maximum Gasteiger partial charge on any atom is 0.251 e. The van der Waals surface area contributed by atoms with Crippen molar-refractivity contribution in [3.05, 3.63) is 60.2 Å². The summed E-state index contributed by atoms with van der Waals surface area (Å²) >= 11 is 0. The van der Waals surface area contributed by atoms with E-state index in [0.717, 1.165) is 11.1 Å². The predicted molar refractivity (Wildman–Crippen MR) is 115 cm³/mol. The fourth-order valence-corrected chi connectivity index (χ4v) is 4.31. The number of fused-ring (bicyclic) bond motifs is 1. The molecule has 0 aromatic heterocycles. The summed E-state index contributed by atoms with van der Waals surface area (Å²) in [5, 5.41) is 5.85. The molecular weight excluding hydrogens is 378 g/mol. The second-order valence-corrected chi connectivity index (χ2v) is 8.55. The van der Waals surface area contributed by atoms with Gasteiger partial charge in [-0.05, 0) is 42.0 Å². The molecule has 156 valence electrons. The number of benzene rings is 2. The van der Waals surface area contributed by atoms with Crippen molar-refractivity contribution in [1.29, 1.82) is 0 Å². The Morgan fingerprint density at radius 3 is 2.40 bits per heavy atom. The molecule has 2 aliphatic heterocycles. The lowest BCUT2D eigenvalue weighted by molar-refractivity contribution is -0.147. The number of hydrogen-bond acceptors (Lipinski definition) is 3. The first-order chi connectivity index (χ1) is 14.4. The minimum Gasteiger partial charge on any atom is -0.347 e. The highest BCUT2D eigenvalue weighted by Crippen LogP contribution is 2.25. The number of amides is 3. The van der Waals surface area contributed by atoms with Crippen LogP contribution in [0.3, 0.4) is 0 Å². The molecule has 3 atom stereocenters. The third-order valence-corrected chi connectivity index (χ3v) is 5.80. The monoisotopic (exact) mass is 405 g/mol. The summed E-state index contributed by atoms with van der Waals surface area (Å²) in [6, 6.07) is 16.2. The van der Waals surface area contributed by atoms with Crippen molar-refractivity contribution in [3.8, 4) is 11.1 Å². The quantitative estimate of drug-likeness (QED) is 0.803. The SMILES string of the molecule is CC(C)C[C@H]1NC(=O)[C@@H]2C[C@H](NC(=O)c3ccc(-c4ccccc4)cc3)CN2C1=O. The van der Waals surface area contributed by atoms with Crippen LogP contribution in [-0.2, 0) is 9.59 Å². The standard InChI is InChI=1S/C24H27N3O3/c1-15(2)12-20-24(30)27-14-19(13-21(27)23(29)26-20)25-22(28)18-10-8-17(9-11-18)16-6-4-3-5-7-16/h3-11,15,19-21H,12-14H2,1-2H3,(H,25,28)(H,26,29)/t19-,20+,21-/m0/s1. The lowest BCUT2D eigenvalue weighted by atomic mass is 9.99. The number of hydrogen-bond donors (Lipinski definition) is 2. The molecule has 2 aromatic carbocycles. The topological polar surface area (TPSA) is 78.5 Å². The van der Waals surface area contributed by atoms with E-state index >= 15 is 0 Å². The minimum absolute atomic E-state index is 0.0442. The van der Waals surface area contributed by atoms with Crippen molar-refractivity contribution < 1.29 is 14.4 Å². The molecule has 2 N–H and O–H groups in total. The van der Waals surface area contributed by atoms with Crippen LogP contribution in [0.25, 0.3) is 11.1 Å². The summed E-state index contributed by atoms with van der Waals surface area (Å²) in [6.45, 7) is 4.43. The van der Waals surface area contributed by atoms with Crippen molar-refractivity contribution >= 4 is 17.7 Å². The number of rotatable bonds is 5. The molecule has 0 aliphatic carbocycles. The minimum atomic E-state index is -0.494. The molecule has 30 heavy (non-hydrogen) atoms. The highest BCUT2D eigenvalue weighted by Gasteiger charge is 2.46. The van der Waals surface area contributed by atoms with Crippen molar-refractivity contribution in [3.63, 3.8) is 0 Å². The fraction of sp³-hybridized carbons (Fsp3) is 0.375. The fourth-order valence-electron chi connectivity index (χ4n) is 4.31. The van der Waals surface area contributed by atoms with Gasteiger partial charge < -0.3 is 15.5 Å². The number of carbonyl (C=O) groups excluding carboxylic acids is 3. The molecule has 2 saturated heterocycles. The molecule has 3 amide bonds. The van der Waals surface area contributed by atoms with Gasteiger partial charge in [-0.3, -0.25) is 14.4 Å². The maximum absolute atomic E-state index is 12.8. The molecule has 0 spiro atoms. The first-order valence-corrected chi connectivity index (χ1v) is 10.5. The summed E-state index contributed by atoms with van der Waals surface area (Å²) < 4.78 is 0. The molecule has 4 rings (SSSR count). The van der Waals surface area contributed by atoms with Gasteiger partial charge in [0, 0.05) is 18.2 Å². The van der Waals surface area contributed by atoms with Gasteiger partial charge in [0.25, 0.3) is 5.91 Å². The molecule has 2 heterocycles. The summed E-state index contributed by atoms with van der Waals surface area (Å²) in [7, 11) is 0. The molecule has 6 nitrogen and oxygen atoms in total. The Bertz CT molecular complexity index is 940. The highest BCUT2D eigenvalue weighted by atomic mass is 16.2. The van der Waals surface area contributed by atoms with Gasteiger partial charge in [-0.25, -0.2) is 0 Å². The Kier molecular flexibility index (Phi) is 5.57. The largest absolute Gasteiger partial charge is 0.347 e. The number of nitrogens with one attached hydrogen (secondary N) is 2. The lowest BCUT2D eigenvalue weighted by Gasteiger charge is -2.35. The van der Waals surface area contributed by atoms with Gasteiger partial charge >= 0.3 is 0 Å². The zero-order valence-electron chi connectivity index (χ0n) is 17.3. The number of carbonyl (C=O) groups is 3. The maximum atomic E-state index is 12.8. The van der Waals surface area contributed by atoms with E-state index in [4.69, 9.17) is 0 Å². The van der Waals surface area contributed by atoms with Crippen LogP contribution in [0, 0.1) is 5.92 Å². The van der Waals surface area contributed by atoms with Crippen LogP contribution in [0.1, 0.15) is 37.0 Å². The summed E-state index contributed by atoms with van der Waals surface area (Å²) in [5.41, 5.74) is 2.70. The van der Waals surface area contributed by atoms with E-state index < -0.39 is 12.1 Å². The van der Waals surface area contributed by atoms with Crippen LogP contribution in [0.2, 0.25) is 0 Å². The molecule has 0 saturated carbocycles. The molecule has 2 aliphatic rings. The van der Waals surface area contributed by atoms with Gasteiger partial charge in [-0.1, -0.05) is 56.3 Å². The third kappa shape index (κ3) is 4.08. The first kappa shape index (κ1) is 20.1. The van der Waals surface area contributed by atoms with Crippen LogP contribution in [0.15, 0.2) is 54.6 Å². The van der Waals surface area contributed by atoms with E-state index in [1.807, 2.05) is 56.3 Å². The van der Waals surface area contributed by atoms with Crippen molar-refractivity contribution in [2.45, 2.75) is 44.8 Å². The Hall–Kier alpha value is -3.15. The zero-order chi connectivity index (χ0) is 21.3. The normalized spacial score (nSPS) is 23.3. The zero-order valence-corrected chi connectivity index (χ0v) is 17.3. The van der Waals surface area contributed by atoms with Crippen LogP contribution in [0.5, 0.6) is 0 Å². The Morgan fingerprint density at radius 1 is 1.07 bits per heavy atom. The average Bonchev–Trinajstić information content (AvgIpc) is 3.17. The summed E-state index contributed by atoms with van der Waals surface area (Å²) in [6.07, 6.45) is 1.07. The Labute approximate surface area is 176 Å². The second kappa shape index (κ2) is 8.30. The molecular formula is C24H27N3O3. The lowest BCUT2D eigenvalue weighted by Crippen LogP contribution is -2.61. The van der Waals surface area contributed by atoms with Gasteiger partial charge in [-0.2, -0.15) is 0 Å². The molecule has 2 aromatic rings. The van der Waals surface area contributed by atoms with Gasteiger partial charge in [0.1, 0.15) is 12.1 Å². The van der Waals surface area contributed by atoms with E-state index in [0.29, 0.717) is 30.9 Å². The first-order valence-electron chi connectivity index (χ1n) is 10.5. The molecule has 0 radical (unpaired) electrons. The summed E-state index contributed by atoms with van der Waals surface area (Å²) in [4.78, 5) is 39.6. The Balaban J connectivity index is 1.40. The van der Waals surface area contributed by atoms with Gasteiger partial charge in [0.05, 0.1) is 0 Å². The molecule has 0 bridgehead atoms. The molecule has 0 unspecified atom stereocenters. The molecule has 2 fully saturated rings. The average molecular weight is 405 g/mol. The van der Waals surface area contributed by atoms with E-state index in [9.17, 15) is 14.4 Å². The third-order valence-electron chi connectivity index (χ3n) is 5.80. The van der Waals surface area contributed by atoms with Crippen LogP contribution in [0.4, 0.5) is 0 Å². The molecule has 6 heteroatoms. The Morgan fingerprint density at radius 2 is 1.73 bits per heavy atom. The highest BCUT2D eigenvalue weighted by molar-refractivity contribution is 5.98. The van der Waals surface area contributed by atoms with E-state index in [2.05, 4.69) is 10.6 Å². The van der Waals surface area contributed by atoms with Gasteiger partial charge in [0.2, 0.25) is 11.8 Å². The van der Waals surface area contributed by atoms with E-state index in [1.165, 1.54) is 0 Å². The number of nitrogens with zero attached hydrogens (tertiary/aromatic N) is 1.